The summed E-state index contributed by atoms with van der Waals surface area (Å²) >= 11 is 3.49. The minimum absolute atomic E-state index is 0.771. The van der Waals surface area contributed by atoms with E-state index in [-0.39, 0.29) is 0 Å². The number of piperidine rings is 1. The maximum atomic E-state index is 3.54. The maximum Gasteiger partial charge on any atom is 0.0264 e. The Balaban J connectivity index is 1.69. The summed E-state index contributed by atoms with van der Waals surface area (Å²) in [6.07, 6.45) is 2.77. The van der Waals surface area contributed by atoms with Crippen LogP contribution >= 0.6 is 15.9 Å². The predicted molar refractivity (Wildman–Crippen MR) is 73.9 cm³/mol. The van der Waals surface area contributed by atoms with Gasteiger partial charge in [-0.3, -0.25) is 4.90 Å². The summed E-state index contributed by atoms with van der Waals surface area (Å²) in [5.41, 5.74) is 1.43. The Morgan fingerprint density at radius 1 is 1.24 bits per heavy atom. The highest BCUT2D eigenvalue weighted by Crippen LogP contribution is 2.27. The molecule has 2 saturated heterocycles. The van der Waals surface area contributed by atoms with Crippen LogP contribution in [0.4, 0.5) is 0 Å². The standard InChI is InChI=1S/C14H19BrN2/c15-13-5-3-11(4-6-13)10-17-7-1-2-12-8-16-9-14(12)17/h3-6,12,14,16H,1-2,7-10H2. The third-order valence-corrected chi connectivity index (χ3v) is 4.62. The Morgan fingerprint density at radius 2 is 2.06 bits per heavy atom. The molecule has 0 saturated carbocycles. The number of nitrogens with one attached hydrogen (secondary N) is 1. The average Bonchev–Trinajstić information content (AvgIpc) is 2.81. The van der Waals surface area contributed by atoms with E-state index in [1.54, 1.807) is 0 Å². The Labute approximate surface area is 112 Å². The lowest BCUT2D eigenvalue weighted by atomic mass is 9.92. The molecule has 0 radical (unpaired) electrons. The Kier molecular flexibility index (Phi) is 3.50. The molecule has 1 aromatic carbocycles. The van der Waals surface area contributed by atoms with Crippen LogP contribution in [0.25, 0.3) is 0 Å². The molecule has 92 valence electrons. The van der Waals surface area contributed by atoms with Gasteiger partial charge in [0.2, 0.25) is 0 Å². The highest BCUT2D eigenvalue weighted by Gasteiger charge is 2.34. The van der Waals surface area contributed by atoms with E-state index in [0.29, 0.717) is 0 Å². The van der Waals surface area contributed by atoms with Gasteiger partial charge in [0.1, 0.15) is 0 Å². The van der Waals surface area contributed by atoms with Crippen molar-refractivity contribution >= 4 is 15.9 Å². The van der Waals surface area contributed by atoms with Crippen molar-refractivity contribution in [3.05, 3.63) is 34.3 Å². The van der Waals surface area contributed by atoms with Crippen LogP contribution in [0.15, 0.2) is 28.7 Å². The lowest BCUT2D eigenvalue weighted by Gasteiger charge is -2.37. The molecular formula is C14H19BrN2. The molecule has 2 unspecified atom stereocenters. The molecule has 2 atom stereocenters. The van der Waals surface area contributed by atoms with Crippen molar-refractivity contribution in [2.45, 2.75) is 25.4 Å². The molecule has 2 nitrogen and oxygen atoms in total. The molecule has 0 bridgehead atoms. The van der Waals surface area contributed by atoms with Crippen molar-refractivity contribution in [3.8, 4) is 0 Å². The van der Waals surface area contributed by atoms with E-state index in [1.165, 1.54) is 42.5 Å². The first-order chi connectivity index (χ1) is 8.33. The van der Waals surface area contributed by atoms with E-state index in [0.717, 1.165) is 18.5 Å². The van der Waals surface area contributed by atoms with Crippen LogP contribution in [0, 0.1) is 5.92 Å². The molecule has 17 heavy (non-hydrogen) atoms. The number of fused-ring (bicyclic) bond motifs is 1. The number of halogens is 1. The molecule has 2 aliphatic heterocycles. The fourth-order valence-electron chi connectivity index (χ4n) is 3.18. The SMILES string of the molecule is Brc1ccc(CN2CCCC3CNCC32)cc1. The van der Waals surface area contributed by atoms with Gasteiger partial charge in [-0.05, 0) is 49.5 Å². The third-order valence-electron chi connectivity index (χ3n) is 4.09. The van der Waals surface area contributed by atoms with E-state index in [1.807, 2.05) is 0 Å². The number of benzene rings is 1. The predicted octanol–water partition coefficient (Wildman–Crippen LogP) is 2.63. The zero-order valence-corrected chi connectivity index (χ0v) is 11.6. The number of nitrogens with zero attached hydrogens (tertiary/aromatic N) is 1. The molecule has 2 heterocycles. The fourth-order valence-corrected chi connectivity index (χ4v) is 3.45. The van der Waals surface area contributed by atoms with Gasteiger partial charge in [-0.15, -0.1) is 0 Å². The minimum Gasteiger partial charge on any atom is -0.315 e. The molecule has 2 fully saturated rings. The summed E-state index contributed by atoms with van der Waals surface area (Å²) in [7, 11) is 0. The Bertz CT molecular complexity index is 376. The summed E-state index contributed by atoms with van der Waals surface area (Å²) in [5, 5.41) is 3.54. The lowest BCUT2D eigenvalue weighted by molar-refractivity contribution is 0.117. The Morgan fingerprint density at radius 3 is 2.88 bits per heavy atom. The molecule has 0 aliphatic carbocycles. The van der Waals surface area contributed by atoms with Gasteiger partial charge in [-0.1, -0.05) is 28.1 Å². The van der Waals surface area contributed by atoms with Crippen LogP contribution in [0.1, 0.15) is 18.4 Å². The molecule has 2 aliphatic rings. The topological polar surface area (TPSA) is 15.3 Å². The van der Waals surface area contributed by atoms with E-state index in [2.05, 4.69) is 50.4 Å². The second-order valence-corrected chi connectivity index (χ2v) is 6.14. The molecule has 3 heteroatoms. The molecule has 0 spiro atoms. The molecular weight excluding hydrogens is 276 g/mol. The van der Waals surface area contributed by atoms with E-state index in [4.69, 9.17) is 0 Å². The lowest BCUT2D eigenvalue weighted by Crippen LogP contribution is -2.44. The maximum absolute atomic E-state index is 3.54. The molecule has 1 aromatic rings. The smallest absolute Gasteiger partial charge is 0.0264 e. The van der Waals surface area contributed by atoms with Crippen LogP contribution in [0.5, 0.6) is 0 Å². The van der Waals surface area contributed by atoms with E-state index in [9.17, 15) is 0 Å². The molecule has 1 N–H and O–H groups in total. The van der Waals surface area contributed by atoms with Gasteiger partial charge in [-0.2, -0.15) is 0 Å². The van der Waals surface area contributed by atoms with Crippen LogP contribution in [-0.4, -0.2) is 30.6 Å². The molecule has 3 rings (SSSR count). The van der Waals surface area contributed by atoms with Crippen molar-refractivity contribution < 1.29 is 0 Å². The quantitative estimate of drug-likeness (QED) is 0.902. The van der Waals surface area contributed by atoms with E-state index < -0.39 is 0 Å². The number of likely N-dealkylation sites (tertiary alicyclic amines) is 1. The third kappa shape index (κ3) is 2.56. The van der Waals surface area contributed by atoms with Gasteiger partial charge < -0.3 is 5.32 Å². The van der Waals surface area contributed by atoms with Gasteiger partial charge in [0, 0.05) is 23.6 Å². The number of hydrogen-bond donors (Lipinski definition) is 1. The monoisotopic (exact) mass is 294 g/mol. The van der Waals surface area contributed by atoms with Gasteiger partial charge in [0.15, 0.2) is 0 Å². The van der Waals surface area contributed by atoms with Crippen molar-refractivity contribution in [1.29, 1.82) is 0 Å². The van der Waals surface area contributed by atoms with Crippen molar-refractivity contribution in [2.24, 2.45) is 5.92 Å². The van der Waals surface area contributed by atoms with Gasteiger partial charge in [0.05, 0.1) is 0 Å². The summed E-state index contributed by atoms with van der Waals surface area (Å²) in [6, 6.07) is 9.52. The van der Waals surface area contributed by atoms with Gasteiger partial charge in [0.25, 0.3) is 0 Å². The second kappa shape index (κ2) is 5.09. The second-order valence-electron chi connectivity index (χ2n) is 5.22. The largest absolute Gasteiger partial charge is 0.315 e. The normalized spacial score (nSPS) is 29.2. The first-order valence-corrected chi connectivity index (χ1v) is 7.31. The molecule has 0 aromatic heterocycles. The number of hydrogen-bond acceptors (Lipinski definition) is 2. The summed E-state index contributed by atoms with van der Waals surface area (Å²) in [5.74, 6) is 0.888. The van der Waals surface area contributed by atoms with Crippen LogP contribution < -0.4 is 5.32 Å². The summed E-state index contributed by atoms with van der Waals surface area (Å²) < 4.78 is 1.17. The zero-order valence-electron chi connectivity index (χ0n) is 10.0. The zero-order chi connectivity index (χ0) is 11.7. The van der Waals surface area contributed by atoms with Gasteiger partial charge in [-0.25, -0.2) is 0 Å². The summed E-state index contributed by atoms with van der Waals surface area (Å²) in [4.78, 5) is 2.66. The average molecular weight is 295 g/mol. The minimum atomic E-state index is 0.771. The van der Waals surface area contributed by atoms with E-state index >= 15 is 0 Å². The highest BCUT2D eigenvalue weighted by atomic mass is 79.9. The van der Waals surface area contributed by atoms with Crippen molar-refractivity contribution in [3.63, 3.8) is 0 Å². The van der Waals surface area contributed by atoms with Crippen LogP contribution in [0.2, 0.25) is 0 Å². The van der Waals surface area contributed by atoms with Crippen molar-refractivity contribution in [2.75, 3.05) is 19.6 Å². The first kappa shape index (κ1) is 11.7. The first-order valence-electron chi connectivity index (χ1n) is 6.52. The van der Waals surface area contributed by atoms with Crippen LogP contribution in [0.3, 0.4) is 0 Å². The van der Waals surface area contributed by atoms with Crippen LogP contribution in [-0.2, 0) is 6.54 Å². The fraction of sp³-hybridized carbons (Fsp3) is 0.571. The highest BCUT2D eigenvalue weighted by molar-refractivity contribution is 9.10. The molecule has 0 amide bonds. The number of rotatable bonds is 2. The Hall–Kier alpha value is -0.380. The van der Waals surface area contributed by atoms with Gasteiger partial charge >= 0.3 is 0 Å². The summed E-state index contributed by atoms with van der Waals surface area (Å²) in [6.45, 7) is 4.78. The van der Waals surface area contributed by atoms with Crippen molar-refractivity contribution in [1.82, 2.24) is 10.2 Å².